The smallest absolute Gasteiger partial charge is 0.151 e. The van der Waals surface area contributed by atoms with Crippen LogP contribution in [0.25, 0.3) is 0 Å². The maximum absolute atomic E-state index is 11.4. The van der Waals surface area contributed by atoms with Gasteiger partial charge in [0, 0.05) is 31.9 Å². The van der Waals surface area contributed by atoms with E-state index in [1.807, 2.05) is 4.68 Å². The molecule has 2 aliphatic heterocycles. The van der Waals surface area contributed by atoms with Crippen molar-refractivity contribution in [1.29, 1.82) is 0 Å². The minimum Gasteiger partial charge on any atom is -0.396 e. The third kappa shape index (κ3) is 2.81. The average Bonchev–Trinajstić information content (AvgIpc) is 2.91. The van der Waals surface area contributed by atoms with Gasteiger partial charge >= 0.3 is 0 Å². The van der Waals surface area contributed by atoms with Crippen molar-refractivity contribution in [3.05, 3.63) is 11.6 Å². The Bertz CT molecular complexity index is 567. The first kappa shape index (κ1) is 13.1. The Kier molecular flexibility index (Phi) is 3.34. The lowest BCUT2D eigenvalue weighted by molar-refractivity contribution is 0.185. The Morgan fingerprint density at radius 1 is 1.32 bits per heavy atom. The highest BCUT2D eigenvalue weighted by Gasteiger charge is 2.29. The maximum atomic E-state index is 11.4. The monoisotopic (exact) mass is 285 g/mol. The molecule has 1 saturated heterocycles. The molecule has 0 saturated carbocycles. The molecular weight excluding hydrogens is 266 g/mol. The molecule has 0 bridgehead atoms. The summed E-state index contributed by atoms with van der Waals surface area (Å²) in [6.07, 6.45) is 3.18. The quantitative estimate of drug-likeness (QED) is 0.832. The molecule has 0 aliphatic carbocycles. The number of aromatic nitrogens is 3. The van der Waals surface area contributed by atoms with Gasteiger partial charge in [-0.15, -0.1) is 0 Å². The van der Waals surface area contributed by atoms with Gasteiger partial charge in [0.05, 0.1) is 11.5 Å². The van der Waals surface area contributed by atoms with Gasteiger partial charge in [-0.3, -0.25) is 0 Å². The summed E-state index contributed by atoms with van der Waals surface area (Å²) in [5.41, 5.74) is 0. The molecule has 1 aromatic heterocycles. The minimum absolute atomic E-state index is 0.170. The average molecular weight is 285 g/mol. The molecule has 1 N–H and O–H groups in total. The molecular formula is C12H19N3O3S. The molecule has 1 fully saturated rings. The van der Waals surface area contributed by atoms with Crippen LogP contribution in [0.3, 0.4) is 0 Å². The Labute approximate surface area is 112 Å². The van der Waals surface area contributed by atoms with Crippen molar-refractivity contribution in [1.82, 2.24) is 14.8 Å². The topological polar surface area (TPSA) is 85.1 Å². The van der Waals surface area contributed by atoms with E-state index in [1.165, 1.54) is 0 Å². The number of nitrogens with zero attached hydrogens (tertiary/aromatic N) is 3. The molecule has 0 spiro atoms. The molecule has 3 rings (SSSR count). The molecule has 2 aliphatic rings. The van der Waals surface area contributed by atoms with Gasteiger partial charge in [-0.05, 0) is 18.8 Å². The van der Waals surface area contributed by atoms with Crippen LogP contribution < -0.4 is 0 Å². The molecule has 2 unspecified atom stereocenters. The molecule has 0 amide bonds. The van der Waals surface area contributed by atoms with Crippen molar-refractivity contribution in [2.75, 3.05) is 18.1 Å². The van der Waals surface area contributed by atoms with Gasteiger partial charge in [-0.25, -0.2) is 18.1 Å². The van der Waals surface area contributed by atoms with Crippen molar-refractivity contribution in [2.24, 2.45) is 11.8 Å². The van der Waals surface area contributed by atoms with Gasteiger partial charge in [0.2, 0.25) is 0 Å². The molecule has 106 valence electrons. The number of fused-ring (bicyclic) bond motifs is 1. The number of hydrogen-bond acceptors (Lipinski definition) is 5. The van der Waals surface area contributed by atoms with Crippen molar-refractivity contribution in [3.63, 3.8) is 0 Å². The molecule has 19 heavy (non-hydrogen) atoms. The van der Waals surface area contributed by atoms with Crippen molar-refractivity contribution in [3.8, 4) is 0 Å². The van der Waals surface area contributed by atoms with Crippen molar-refractivity contribution < 1.29 is 13.5 Å². The van der Waals surface area contributed by atoms with Crippen LogP contribution in [0.1, 0.15) is 24.5 Å². The first-order chi connectivity index (χ1) is 9.05. The fraction of sp³-hybridized carbons (Fsp3) is 0.833. The van der Waals surface area contributed by atoms with Crippen LogP contribution in [-0.2, 0) is 29.2 Å². The number of rotatable bonds is 3. The predicted molar refractivity (Wildman–Crippen MR) is 69.4 cm³/mol. The summed E-state index contributed by atoms with van der Waals surface area (Å²) in [5, 5.41) is 13.6. The Morgan fingerprint density at radius 2 is 2.16 bits per heavy atom. The Balaban J connectivity index is 1.69. The van der Waals surface area contributed by atoms with Crippen LogP contribution in [0.2, 0.25) is 0 Å². The first-order valence-electron chi connectivity index (χ1n) is 6.79. The fourth-order valence-corrected chi connectivity index (χ4v) is 4.81. The second kappa shape index (κ2) is 4.86. The summed E-state index contributed by atoms with van der Waals surface area (Å²) < 4.78 is 24.7. The summed E-state index contributed by atoms with van der Waals surface area (Å²) >= 11 is 0. The first-order valence-corrected chi connectivity index (χ1v) is 8.62. The third-order valence-electron chi connectivity index (χ3n) is 4.06. The highest BCUT2D eigenvalue weighted by atomic mass is 32.2. The second-order valence-corrected chi connectivity index (χ2v) is 7.92. The number of aliphatic hydroxyl groups excluding tert-OH is 1. The predicted octanol–water partition coefficient (Wildman–Crippen LogP) is -0.190. The van der Waals surface area contributed by atoms with Gasteiger partial charge in [0.25, 0.3) is 0 Å². The summed E-state index contributed by atoms with van der Waals surface area (Å²) in [5.74, 6) is 2.75. The van der Waals surface area contributed by atoms with Crippen LogP contribution in [0.15, 0.2) is 0 Å². The summed E-state index contributed by atoms with van der Waals surface area (Å²) in [4.78, 5) is 4.51. The van der Waals surface area contributed by atoms with E-state index in [4.69, 9.17) is 0 Å². The Morgan fingerprint density at radius 3 is 2.84 bits per heavy atom. The number of hydrogen-bond donors (Lipinski definition) is 1. The molecule has 0 aromatic carbocycles. The van der Waals surface area contributed by atoms with E-state index < -0.39 is 9.84 Å². The number of aryl methyl sites for hydroxylation is 1. The maximum Gasteiger partial charge on any atom is 0.151 e. The van der Waals surface area contributed by atoms with Crippen LogP contribution >= 0.6 is 0 Å². The molecule has 0 radical (unpaired) electrons. The van der Waals surface area contributed by atoms with Crippen LogP contribution in [0, 0.1) is 11.8 Å². The minimum atomic E-state index is -2.83. The molecule has 3 heterocycles. The molecule has 6 nitrogen and oxygen atoms in total. The zero-order valence-electron chi connectivity index (χ0n) is 10.8. The van der Waals surface area contributed by atoms with E-state index in [2.05, 4.69) is 10.1 Å². The van der Waals surface area contributed by atoms with Crippen molar-refractivity contribution in [2.45, 2.75) is 32.2 Å². The SMILES string of the molecule is O=S1(=O)CCC(Cc2nc3n(n2)CC(CO)CC3)C1. The summed E-state index contributed by atoms with van der Waals surface area (Å²) in [7, 11) is -2.83. The number of aliphatic hydroxyl groups is 1. The van der Waals surface area contributed by atoms with Gasteiger partial charge in [0.15, 0.2) is 15.7 Å². The van der Waals surface area contributed by atoms with E-state index in [9.17, 15) is 13.5 Å². The van der Waals surface area contributed by atoms with E-state index in [1.54, 1.807) is 0 Å². The van der Waals surface area contributed by atoms with E-state index in [-0.39, 0.29) is 24.2 Å². The van der Waals surface area contributed by atoms with Gasteiger partial charge in [-0.1, -0.05) is 0 Å². The van der Waals surface area contributed by atoms with Crippen molar-refractivity contribution >= 4 is 9.84 Å². The van der Waals surface area contributed by atoms with E-state index in [0.29, 0.717) is 12.2 Å². The highest BCUT2D eigenvalue weighted by molar-refractivity contribution is 7.91. The van der Waals surface area contributed by atoms with Gasteiger partial charge in [0.1, 0.15) is 5.82 Å². The van der Waals surface area contributed by atoms with Gasteiger partial charge < -0.3 is 5.11 Å². The summed E-state index contributed by atoms with van der Waals surface area (Å²) in [6.45, 7) is 0.914. The molecule has 2 atom stereocenters. The third-order valence-corrected chi connectivity index (χ3v) is 5.89. The zero-order valence-corrected chi connectivity index (χ0v) is 11.6. The van der Waals surface area contributed by atoms with Crippen LogP contribution in [0.5, 0.6) is 0 Å². The van der Waals surface area contributed by atoms with Gasteiger partial charge in [-0.2, -0.15) is 5.10 Å². The Hall–Kier alpha value is -0.950. The molecule has 7 heteroatoms. The fourth-order valence-electron chi connectivity index (χ4n) is 2.95. The lowest BCUT2D eigenvalue weighted by Crippen LogP contribution is -2.23. The summed E-state index contributed by atoms with van der Waals surface area (Å²) in [6, 6.07) is 0. The lowest BCUT2D eigenvalue weighted by Gasteiger charge is -2.19. The van der Waals surface area contributed by atoms with Crippen LogP contribution in [0.4, 0.5) is 0 Å². The second-order valence-electron chi connectivity index (χ2n) is 5.69. The highest BCUT2D eigenvalue weighted by Crippen LogP contribution is 2.23. The zero-order chi connectivity index (χ0) is 13.5. The number of sulfone groups is 1. The lowest BCUT2D eigenvalue weighted by atomic mass is 10.0. The van der Waals surface area contributed by atoms with Crippen LogP contribution in [-0.4, -0.2) is 46.4 Å². The normalized spacial score (nSPS) is 29.3. The standard InChI is InChI=1S/C12H19N3O3S/c16-7-10-1-2-12-13-11(14-15(12)6-10)5-9-3-4-19(17,18)8-9/h9-10,16H,1-8H2. The molecule has 1 aromatic rings. The van der Waals surface area contributed by atoms with E-state index in [0.717, 1.165) is 37.5 Å². The largest absolute Gasteiger partial charge is 0.396 e. The van der Waals surface area contributed by atoms with E-state index >= 15 is 0 Å².